The molecule has 49 heavy (non-hydrogen) atoms. The molecule has 0 aliphatic heterocycles. The Kier molecular flexibility index (Phi) is 8.49. The van der Waals surface area contributed by atoms with Gasteiger partial charge in [0.05, 0.1) is 40.4 Å². The lowest BCUT2D eigenvalue weighted by atomic mass is 10.0. The van der Waals surface area contributed by atoms with E-state index in [0.717, 1.165) is 31.7 Å². The van der Waals surface area contributed by atoms with E-state index in [4.69, 9.17) is 13.6 Å². The Labute approximate surface area is 276 Å². The third kappa shape index (κ3) is 7.69. The summed E-state index contributed by atoms with van der Waals surface area (Å²) in [5, 5.41) is 8.71. The van der Waals surface area contributed by atoms with Gasteiger partial charge in [0.25, 0.3) is 5.56 Å². The van der Waals surface area contributed by atoms with Gasteiger partial charge in [-0.2, -0.15) is 32.3 Å². The second-order valence-corrected chi connectivity index (χ2v) is 15.4. The first kappa shape index (κ1) is 34.7. The van der Waals surface area contributed by atoms with Gasteiger partial charge < -0.3 is 0 Å². The van der Waals surface area contributed by atoms with Gasteiger partial charge in [0, 0.05) is 17.1 Å². The van der Waals surface area contributed by atoms with Gasteiger partial charge in [0.2, 0.25) is 5.95 Å². The van der Waals surface area contributed by atoms with Gasteiger partial charge in [-0.1, -0.05) is 12.1 Å². The van der Waals surface area contributed by atoms with Crippen molar-refractivity contribution < 1.29 is 35.7 Å². The Morgan fingerprint density at radius 2 is 1.69 bits per heavy atom. The highest BCUT2D eigenvalue weighted by molar-refractivity contribution is 7.48. The third-order valence-corrected chi connectivity index (χ3v) is 9.46. The minimum atomic E-state index is -4.45. The van der Waals surface area contributed by atoms with E-state index in [2.05, 4.69) is 20.2 Å². The first-order valence-electron chi connectivity index (χ1n) is 15.3. The van der Waals surface area contributed by atoms with Crippen LogP contribution in [0.15, 0.2) is 52.4 Å². The summed E-state index contributed by atoms with van der Waals surface area (Å²) >= 11 is 0. The zero-order chi connectivity index (χ0) is 35.7. The molecule has 1 aliphatic carbocycles. The molecule has 262 valence electrons. The molecule has 0 saturated heterocycles. The largest absolute Gasteiger partial charge is 0.477 e. The number of nitrogens with zero attached hydrogens (tertiary/aromatic N) is 6. The fourth-order valence-electron chi connectivity index (χ4n) is 5.55. The molecular formula is C31H34F4N7O6P. The molecule has 0 amide bonds. The molecule has 1 fully saturated rings. The summed E-state index contributed by atoms with van der Waals surface area (Å²) in [4.78, 5) is 32.2. The van der Waals surface area contributed by atoms with Gasteiger partial charge in [-0.3, -0.25) is 32.6 Å². The molecule has 1 saturated carbocycles. The van der Waals surface area contributed by atoms with Crippen molar-refractivity contribution in [3.63, 3.8) is 0 Å². The predicted molar refractivity (Wildman–Crippen MR) is 170 cm³/mol. The van der Waals surface area contributed by atoms with Crippen molar-refractivity contribution in [2.75, 3.05) is 0 Å². The molecule has 0 radical (unpaired) electrons. The molecule has 2 atom stereocenters. The van der Waals surface area contributed by atoms with Crippen LogP contribution in [0, 0.1) is 5.95 Å². The van der Waals surface area contributed by atoms with Crippen molar-refractivity contribution in [1.82, 2.24) is 33.9 Å². The number of fused-ring (bicyclic) bond motifs is 2. The van der Waals surface area contributed by atoms with Crippen LogP contribution in [-0.2, 0) is 31.4 Å². The van der Waals surface area contributed by atoms with Gasteiger partial charge in [0.15, 0.2) is 5.65 Å². The van der Waals surface area contributed by atoms with Crippen LogP contribution in [0.5, 0.6) is 0 Å². The number of nitrogens with one attached hydrogen (secondary N) is 1. The van der Waals surface area contributed by atoms with E-state index in [9.17, 15) is 31.7 Å². The normalized spacial score (nSPS) is 17.3. The van der Waals surface area contributed by atoms with E-state index in [1.165, 1.54) is 6.20 Å². The van der Waals surface area contributed by atoms with Crippen molar-refractivity contribution in [2.24, 2.45) is 0 Å². The number of H-pyrrole nitrogens is 1. The highest BCUT2D eigenvalue weighted by atomic mass is 31.2. The van der Waals surface area contributed by atoms with Crippen molar-refractivity contribution in [2.45, 2.75) is 90.5 Å². The van der Waals surface area contributed by atoms with Gasteiger partial charge in [-0.05, 0) is 77.5 Å². The van der Waals surface area contributed by atoms with E-state index < -0.39 is 55.7 Å². The molecule has 5 aromatic rings. The minimum absolute atomic E-state index is 0.00109. The van der Waals surface area contributed by atoms with Gasteiger partial charge >= 0.3 is 19.7 Å². The first-order chi connectivity index (χ1) is 22.7. The Balaban J connectivity index is 1.34. The van der Waals surface area contributed by atoms with Crippen LogP contribution < -0.4 is 11.2 Å². The number of imidazole rings is 1. The van der Waals surface area contributed by atoms with Crippen LogP contribution in [0.25, 0.3) is 27.8 Å². The van der Waals surface area contributed by atoms with E-state index in [1.807, 2.05) is 6.07 Å². The van der Waals surface area contributed by atoms with E-state index >= 15 is 0 Å². The summed E-state index contributed by atoms with van der Waals surface area (Å²) in [5.41, 5.74) is -1.90. The van der Waals surface area contributed by atoms with E-state index in [0.29, 0.717) is 22.9 Å². The number of aromatic amines is 1. The lowest BCUT2D eigenvalue weighted by molar-refractivity contribution is -0.141. The molecule has 1 N–H and O–H groups in total. The number of hydrogen-bond acceptors (Lipinski definition) is 9. The summed E-state index contributed by atoms with van der Waals surface area (Å²) in [7, 11) is -4.24. The topological polar surface area (TPSA) is 148 Å². The predicted octanol–water partition coefficient (Wildman–Crippen LogP) is 6.28. The van der Waals surface area contributed by atoms with Crippen LogP contribution in [-0.4, -0.2) is 51.3 Å². The molecule has 1 aromatic carbocycles. The average Bonchev–Trinajstić information content (AvgIpc) is 3.53. The lowest BCUT2D eigenvalue weighted by Gasteiger charge is -2.30. The van der Waals surface area contributed by atoms with Crippen molar-refractivity contribution in [3.8, 4) is 11.3 Å². The number of alkyl halides is 3. The molecule has 0 spiro atoms. The molecule has 0 unspecified atom stereocenters. The van der Waals surface area contributed by atoms with Gasteiger partial charge in [0.1, 0.15) is 13.3 Å². The Bertz CT molecular complexity index is 2210. The molecular weight excluding hydrogens is 673 g/mol. The highest BCUT2D eigenvalue weighted by Gasteiger charge is 2.42. The molecule has 0 bridgehead atoms. The maximum Gasteiger partial charge on any atom is 0.477 e. The molecule has 13 nitrogen and oxygen atoms in total. The fraction of sp³-hybridized carbons (Fsp3) is 0.452. The number of hydrogen-bond donors (Lipinski definition) is 1. The molecule has 4 heterocycles. The molecule has 1 aliphatic rings. The standard InChI is InChI=1S/C31H34F4N7O6P/c1-29(2,3)47-49(45,48-30(4,5)6)46-16-40-14-22(27(43)38-28(40)44)23-11-21(26-36-13-25(32)42(26)39-23)20-10-19(20)17-7-8-18-12-37-41(24(18)9-17)15-31(33,34)35/h7-9,11-14,19-20H,10,15-16H2,1-6H3,(H,38,43,44)/t19-,20+/m1/s1. The smallest absolute Gasteiger partial charge is 0.281 e. The average molecular weight is 708 g/mol. The van der Waals surface area contributed by atoms with Crippen molar-refractivity contribution >= 4 is 24.4 Å². The summed E-state index contributed by atoms with van der Waals surface area (Å²) < 4.78 is 87.4. The number of phosphoric ester groups is 1. The quantitative estimate of drug-likeness (QED) is 0.138. The fourth-order valence-corrected chi connectivity index (χ4v) is 7.30. The number of rotatable bonds is 9. The van der Waals surface area contributed by atoms with E-state index in [-0.39, 0.29) is 28.7 Å². The molecule has 4 aromatic heterocycles. The Morgan fingerprint density at radius 3 is 2.35 bits per heavy atom. The van der Waals surface area contributed by atoms with Crippen LogP contribution in [0.4, 0.5) is 17.6 Å². The van der Waals surface area contributed by atoms with Crippen LogP contribution in [0.1, 0.15) is 70.9 Å². The van der Waals surface area contributed by atoms with E-state index in [1.54, 1.807) is 59.7 Å². The van der Waals surface area contributed by atoms with Crippen LogP contribution >= 0.6 is 7.82 Å². The monoisotopic (exact) mass is 707 g/mol. The summed E-state index contributed by atoms with van der Waals surface area (Å²) in [6, 6.07) is 6.74. The van der Waals surface area contributed by atoms with Crippen molar-refractivity contribution in [1.29, 1.82) is 0 Å². The zero-order valence-corrected chi connectivity index (χ0v) is 28.3. The first-order valence-corrected chi connectivity index (χ1v) is 16.7. The third-order valence-electron chi connectivity index (χ3n) is 7.48. The summed E-state index contributed by atoms with van der Waals surface area (Å²) in [5.74, 6) is -1.20. The van der Waals surface area contributed by atoms with Gasteiger partial charge in [-0.15, -0.1) is 0 Å². The van der Waals surface area contributed by atoms with Crippen LogP contribution in [0.2, 0.25) is 0 Å². The Morgan fingerprint density at radius 1 is 1.00 bits per heavy atom. The zero-order valence-electron chi connectivity index (χ0n) is 27.4. The maximum absolute atomic E-state index is 14.9. The minimum Gasteiger partial charge on any atom is -0.281 e. The summed E-state index contributed by atoms with van der Waals surface area (Å²) in [6.07, 6.45) is -0.389. The second-order valence-electron chi connectivity index (χ2n) is 13.9. The van der Waals surface area contributed by atoms with Crippen molar-refractivity contribution in [3.05, 3.63) is 80.8 Å². The molecule has 18 heteroatoms. The molecule has 6 rings (SSSR count). The van der Waals surface area contributed by atoms with Crippen LogP contribution in [0.3, 0.4) is 0 Å². The van der Waals surface area contributed by atoms with Gasteiger partial charge in [-0.25, -0.2) is 14.3 Å². The SMILES string of the molecule is CC(C)(C)OP(=O)(OCn1cc(-c2cc([C@H]3C[C@@H]3c3ccc4cnn(CC(F)(F)F)c4c3)c3ncc(F)n3n2)c(=O)[nH]c1=O)OC(C)(C)C. The second kappa shape index (κ2) is 12.0. The highest BCUT2D eigenvalue weighted by Crippen LogP contribution is 2.57. The Hall–Kier alpha value is -4.18. The number of benzene rings is 1. The lowest BCUT2D eigenvalue weighted by Crippen LogP contribution is -2.32. The number of phosphoric acid groups is 1. The maximum atomic E-state index is 14.9. The number of halogens is 4. The number of aromatic nitrogens is 7. The summed E-state index contributed by atoms with van der Waals surface area (Å²) in [6.45, 7) is 8.04.